The number of furan rings is 1. The summed E-state index contributed by atoms with van der Waals surface area (Å²) in [5.74, 6) is 0.460. The average molecular weight is 336 g/mol. The fourth-order valence-corrected chi connectivity index (χ4v) is 3.84. The van der Waals surface area contributed by atoms with Crippen LogP contribution in [0.1, 0.15) is 25.3 Å². The van der Waals surface area contributed by atoms with Crippen LogP contribution in [-0.4, -0.2) is 0 Å². The van der Waals surface area contributed by atoms with Crippen LogP contribution in [0.2, 0.25) is 0 Å². The second-order valence-electron chi connectivity index (χ2n) is 7.22. The zero-order valence-electron chi connectivity index (χ0n) is 15.0. The maximum Gasteiger partial charge on any atom is 0.143 e. The maximum atomic E-state index is 6.32. The summed E-state index contributed by atoms with van der Waals surface area (Å²) in [5.41, 5.74) is 5.68. The predicted octanol–water partition coefficient (Wildman–Crippen LogP) is 7.53. The van der Waals surface area contributed by atoms with Crippen molar-refractivity contribution < 1.29 is 4.42 Å². The van der Waals surface area contributed by atoms with E-state index in [1.54, 1.807) is 0 Å². The molecule has 0 atom stereocenters. The van der Waals surface area contributed by atoms with Crippen molar-refractivity contribution in [3.8, 4) is 11.1 Å². The zero-order chi connectivity index (χ0) is 17.7. The van der Waals surface area contributed by atoms with Gasteiger partial charge in [-0.2, -0.15) is 0 Å². The number of hydrogen-bond acceptors (Lipinski definition) is 1. The Hall–Kier alpha value is -3.06. The van der Waals surface area contributed by atoms with Gasteiger partial charge in [0, 0.05) is 16.3 Å². The van der Waals surface area contributed by atoms with E-state index in [1.807, 2.05) is 6.07 Å². The van der Waals surface area contributed by atoms with E-state index >= 15 is 0 Å². The van der Waals surface area contributed by atoms with Crippen molar-refractivity contribution in [2.45, 2.75) is 19.8 Å². The Kier molecular flexibility index (Phi) is 3.36. The molecule has 1 heteroatoms. The molecule has 0 radical (unpaired) electrons. The van der Waals surface area contributed by atoms with Crippen LogP contribution in [0.5, 0.6) is 0 Å². The number of hydrogen-bond donors (Lipinski definition) is 0. The van der Waals surface area contributed by atoms with Gasteiger partial charge >= 0.3 is 0 Å². The molecule has 0 aliphatic rings. The molecule has 0 bridgehead atoms. The molecule has 0 saturated carbocycles. The third kappa shape index (κ3) is 2.24. The van der Waals surface area contributed by atoms with Crippen molar-refractivity contribution in [3.63, 3.8) is 0 Å². The van der Waals surface area contributed by atoms with E-state index in [-0.39, 0.29) is 0 Å². The predicted molar refractivity (Wildman–Crippen MR) is 111 cm³/mol. The van der Waals surface area contributed by atoms with Gasteiger partial charge in [-0.1, -0.05) is 74.5 Å². The normalized spacial score (nSPS) is 11.8. The molecule has 4 aromatic carbocycles. The fraction of sp³-hybridized carbons (Fsp3) is 0.120. The largest absolute Gasteiger partial charge is 0.455 e. The van der Waals surface area contributed by atoms with Gasteiger partial charge in [0.15, 0.2) is 0 Å². The minimum absolute atomic E-state index is 0.460. The molecule has 1 heterocycles. The first-order chi connectivity index (χ1) is 12.7. The number of para-hydroxylation sites is 1. The molecule has 126 valence electrons. The van der Waals surface area contributed by atoms with Gasteiger partial charge in [0.25, 0.3) is 0 Å². The molecule has 1 aromatic heterocycles. The van der Waals surface area contributed by atoms with Crippen molar-refractivity contribution >= 4 is 32.7 Å². The maximum absolute atomic E-state index is 6.32. The molecular formula is C25H20O. The standard InChI is InChI=1S/C25H20O/c1-16(2)18-14-22(20-12-7-9-17-8-3-4-10-19(17)20)25-23(15-18)21-11-5-6-13-24(21)26-25/h3-16H,1-2H3. The molecule has 0 spiro atoms. The molecule has 0 aliphatic carbocycles. The summed E-state index contributed by atoms with van der Waals surface area (Å²) in [4.78, 5) is 0. The van der Waals surface area contributed by atoms with Crippen LogP contribution in [-0.2, 0) is 0 Å². The monoisotopic (exact) mass is 336 g/mol. The molecule has 5 rings (SSSR count). The molecule has 1 nitrogen and oxygen atoms in total. The van der Waals surface area contributed by atoms with Gasteiger partial charge in [0.05, 0.1) is 0 Å². The molecule has 0 fully saturated rings. The summed E-state index contributed by atoms with van der Waals surface area (Å²) < 4.78 is 6.32. The Morgan fingerprint density at radius 2 is 1.38 bits per heavy atom. The van der Waals surface area contributed by atoms with Gasteiger partial charge in [0.2, 0.25) is 0 Å². The average Bonchev–Trinajstić information content (AvgIpc) is 3.05. The lowest BCUT2D eigenvalue weighted by Crippen LogP contribution is -1.90. The smallest absolute Gasteiger partial charge is 0.143 e. The first-order valence-electron chi connectivity index (χ1n) is 9.16. The second kappa shape index (κ2) is 5.74. The highest BCUT2D eigenvalue weighted by atomic mass is 16.3. The molecule has 0 amide bonds. The number of fused-ring (bicyclic) bond motifs is 4. The summed E-state index contributed by atoms with van der Waals surface area (Å²) in [5, 5.41) is 4.91. The van der Waals surface area contributed by atoms with Crippen LogP contribution >= 0.6 is 0 Å². The SMILES string of the molecule is CC(C)c1cc(-c2cccc3ccccc23)c2oc3ccccc3c2c1. The van der Waals surface area contributed by atoms with Crippen LogP contribution in [0.15, 0.2) is 83.3 Å². The van der Waals surface area contributed by atoms with Gasteiger partial charge in [-0.15, -0.1) is 0 Å². The van der Waals surface area contributed by atoms with E-state index < -0.39 is 0 Å². The lowest BCUT2D eigenvalue weighted by Gasteiger charge is -2.12. The first-order valence-corrected chi connectivity index (χ1v) is 9.16. The minimum Gasteiger partial charge on any atom is -0.455 e. The fourth-order valence-electron chi connectivity index (χ4n) is 3.84. The lowest BCUT2D eigenvalue weighted by molar-refractivity contribution is 0.669. The summed E-state index contributed by atoms with van der Waals surface area (Å²) in [6.07, 6.45) is 0. The summed E-state index contributed by atoms with van der Waals surface area (Å²) in [6, 6.07) is 28.0. The Morgan fingerprint density at radius 1 is 0.654 bits per heavy atom. The van der Waals surface area contributed by atoms with Crippen LogP contribution in [0.25, 0.3) is 43.8 Å². The van der Waals surface area contributed by atoms with Gasteiger partial charge in [-0.3, -0.25) is 0 Å². The molecular weight excluding hydrogens is 316 g/mol. The van der Waals surface area contributed by atoms with E-state index in [0.29, 0.717) is 5.92 Å². The molecule has 0 aliphatic heterocycles. The molecule has 0 saturated heterocycles. The van der Waals surface area contributed by atoms with Gasteiger partial charge in [0.1, 0.15) is 11.2 Å². The quantitative estimate of drug-likeness (QED) is 0.325. The first kappa shape index (κ1) is 15.2. The summed E-state index contributed by atoms with van der Waals surface area (Å²) >= 11 is 0. The highest BCUT2D eigenvalue weighted by molar-refractivity contribution is 6.12. The van der Waals surface area contributed by atoms with Gasteiger partial charge in [-0.05, 0) is 46.0 Å². The third-order valence-corrected chi connectivity index (χ3v) is 5.25. The van der Waals surface area contributed by atoms with Crippen molar-refractivity contribution in [1.29, 1.82) is 0 Å². The highest BCUT2D eigenvalue weighted by Crippen LogP contribution is 2.40. The Balaban J connectivity index is 1.95. The number of rotatable bonds is 2. The van der Waals surface area contributed by atoms with Crippen molar-refractivity contribution in [2.24, 2.45) is 0 Å². The Labute approximate surface area is 152 Å². The summed E-state index contributed by atoms with van der Waals surface area (Å²) in [6.45, 7) is 4.49. The van der Waals surface area contributed by atoms with E-state index in [1.165, 1.54) is 38.2 Å². The van der Waals surface area contributed by atoms with Gasteiger partial charge in [-0.25, -0.2) is 0 Å². The Bertz CT molecular complexity index is 1250. The lowest BCUT2D eigenvalue weighted by atomic mass is 9.92. The van der Waals surface area contributed by atoms with Gasteiger partial charge < -0.3 is 4.42 Å². The molecule has 0 unspecified atom stereocenters. The van der Waals surface area contributed by atoms with Crippen molar-refractivity contribution in [3.05, 3.63) is 84.4 Å². The topological polar surface area (TPSA) is 13.1 Å². The molecule has 0 N–H and O–H groups in total. The Morgan fingerprint density at radius 3 is 2.23 bits per heavy atom. The minimum atomic E-state index is 0.460. The van der Waals surface area contributed by atoms with Crippen LogP contribution in [0.4, 0.5) is 0 Å². The molecule has 5 aromatic rings. The summed E-state index contributed by atoms with van der Waals surface area (Å²) in [7, 11) is 0. The van der Waals surface area contributed by atoms with E-state index in [0.717, 1.165) is 11.2 Å². The van der Waals surface area contributed by atoms with Crippen molar-refractivity contribution in [1.82, 2.24) is 0 Å². The van der Waals surface area contributed by atoms with Crippen LogP contribution in [0, 0.1) is 0 Å². The van der Waals surface area contributed by atoms with E-state index in [4.69, 9.17) is 4.42 Å². The van der Waals surface area contributed by atoms with Crippen LogP contribution < -0.4 is 0 Å². The highest BCUT2D eigenvalue weighted by Gasteiger charge is 2.16. The second-order valence-corrected chi connectivity index (χ2v) is 7.22. The zero-order valence-corrected chi connectivity index (χ0v) is 15.0. The number of benzene rings is 4. The van der Waals surface area contributed by atoms with Crippen LogP contribution in [0.3, 0.4) is 0 Å². The van der Waals surface area contributed by atoms with Crippen molar-refractivity contribution in [2.75, 3.05) is 0 Å². The van der Waals surface area contributed by atoms with E-state index in [2.05, 4.69) is 86.6 Å². The third-order valence-electron chi connectivity index (χ3n) is 5.25. The molecule has 26 heavy (non-hydrogen) atoms. The van der Waals surface area contributed by atoms with E-state index in [9.17, 15) is 0 Å².